The summed E-state index contributed by atoms with van der Waals surface area (Å²) < 4.78 is 10.3. The van der Waals surface area contributed by atoms with Crippen molar-refractivity contribution in [3.63, 3.8) is 0 Å². The Morgan fingerprint density at radius 1 is 1.42 bits per heavy atom. The van der Waals surface area contributed by atoms with Crippen LogP contribution in [0.1, 0.15) is 13.3 Å². The summed E-state index contributed by atoms with van der Waals surface area (Å²) in [4.78, 5) is 0. The maximum atomic E-state index is 5.80. The zero-order chi connectivity index (χ0) is 9.40. The molecule has 0 bridgehead atoms. The Morgan fingerprint density at radius 2 is 2.08 bits per heavy atom. The van der Waals surface area contributed by atoms with E-state index in [2.05, 4.69) is 0 Å². The summed E-state index contributed by atoms with van der Waals surface area (Å²) in [5, 5.41) is 0. The van der Waals surface area contributed by atoms with Crippen molar-refractivity contribution in [1.29, 1.82) is 0 Å². The van der Waals surface area contributed by atoms with E-state index in [1.165, 1.54) is 0 Å². The Hall–Kier alpha value is -0.160. The van der Waals surface area contributed by atoms with Crippen LogP contribution in [0.4, 0.5) is 0 Å². The normalized spacial score (nSPS) is 16.0. The number of nitrogens with two attached hydrogens (primary N) is 2. The average molecular weight is 176 g/mol. The van der Waals surface area contributed by atoms with Crippen molar-refractivity contribution in [1.82, 2.24) is 0 Å². The van der Waals surface area contributed by atoms with Crippen LogP contribution < -0.4 is 11.5 Å². The van der Waals surface area contributed by atoms with E-state index in [0.717, 1.165) is 6.42 Å². The van der Waals surface area contributed by atoms with Gasteiger partial charge in [0.2, 0.25) is 0 Å². The summed E-state index contributed by atoms with van der Waals surface area (Å²) in [5.74, 6) is 0. The molecule has 0 amide bonds. The average Bonchev–Trinajstić information content (AvgIpc) is 2.10. The van der Waals surface area contributed by atoms with Crippen molar-refractivity contribution in [3.8, 4) is 0 Å². The largest absolute Gasteiger partial charge is 0.380 e. The smallest absolute Gasteiger partial charge is 0.0756 e. The molecule has 0 radical (unpaired) electrons. The predicted octanol–water partition coefficient (Wildman–Crippen LogP) is -0.286. The van der Waals surface area contributed by atoms with E-state index in [4.69, 9.17) is 20.9 Å². The molecule has 0 fully saturated rings. The Bertz CT molecular complexity index is 101. The van der Waals surface area contributed by atoms with Crippen LogP contribution in [0.5, 0.6) is 0 Å². The Balaban J connectivity index is 3.60. The predicted molar refractivity (Wildman–Crippen MR) is 48.9 cm³/mol. The van der Waals surface area contributed by atoms with E-state index in [1.807, 2.05) is 6.92 Å². The number of hydrogen-bond acceptors (Lipinski definition) is 4. The highest BCUT2D eigenvalue weighted by Crippen LogP contribution is 2.00. The molecule has 0 spiro atoms. The van der Waals surface area contributed by atoms with Crippen LogP contribution >= 0.6 is 0 Å². The van der Waals surface area contributed by atoms with E-state index in [9.17, 15) is 0 Å². The van der Waals surface area contributed by atoms with Crippen molar-refractivity contribution in [3.05, 3.63) is 0 Å². The van der Waals surface area contributed by atoms with Crippen molar-refractivity contribution in [2.45, 2.75) is 25.5 Å². The fourth-order valence-electron chi connectivity index (χ4n) is 1.03. The van der Waals surface area contributed by atoms with E-state index in [1.54, 1.807) is 7.11 Å². The lowest BCUT2D eigenvalue weighted by molar-refractivity contribution is 0.0341. The van der Waals surface area contributed by atoms with Gasteiger partial charge in [-0.2, -0.15) is 0 Å². The maximum Gasteiger partial charge on any atom is 0.0756 e. The van der Waals surface area contributed by atoms with Gasteiger partial charge in [-0.3, -0.25) is 0 Å². The quantitative estimate of drug-likeness (QED) is 0.559. The summed E-state index contributed by atoms with van der Waals surface area (Å²) in [6.45, 7) is 3.76. The Kier molecular flexibility index (Phi) is 7.39. The van der Waals surface area contributed by atoms with Gasteiger partial charge in [-0.15, -0.1) is 0 Å². The fraction of sp³-hybridized carbons (Fsp3) is 1.00. The molecule has 2 atom stereocenters. The maximum absolute atomic E-state index is 5.80. The van der Waals surface area contributed by atoms with Crippen LogP contribution in [0.2, 0.25) is 0 Å². The first kappa shape index (κ1) is 11.8. The van der Waals surface area contributed by atoms with Crippen LogP contribution in [0, 0.1) is 0 Å². The topological polar surface area (TPSA) is 70.5 Å². The Morgan fingerprint density at radius 3 is 2.50 bits per heavy atom. The third-order valence-corrected chi connectivity index (χ3v) is 1.75. The number of ether oxygens (including phenoxy) is 2. The molecule has 0 aromatic carbocycles. The van der Waals surface area contributed by atoms with Crippen molar-refractivity contribution in [2.24, 2.45) is 11.5 Å². The van der Waals surface area contributed by atoms with Gasteiger partial charge in [0, 0.05) is 13.7 Å². The van der Waals surface area contributed by atoms with E-state index in [0.29, 0.717) is 19.8 Å². The first-order valence-corrected chi connectivity index (χ1v) is 4.32. The van der Waals surface area contributed by atoms with Gasteiger partial charge in [0.25, 0.3) is 0 Å². The van der Waals surface area contributed by atoms with Crippen molar-refractivity contribution < 1.29 is 9.47 Å². The summed E-state index contributed by atoms with van der Waals surface area (Å²) in [5.41, 5.74) is 11.2. The molecule has 0 aromatic rings. The summed E-state index contributed by atoms with van der Waals surface area (Å²) >= 11 is 0. The minimum atomic E-state index is -0.0708. The molecule has 0 heterocycles. The number of rotatable bonds is 7. The lowest BCUT2D eigenvalue weighted by Gasteiger charge is -2.21. The molecular formula is C8H20N2O2. The second-order valence-corrected chi connectivity index (χ2v) is 2.67. The Labute approximate surface area is 74.2 Å². The zero-order valence-electron chi connectivity index (χ0n) is 7.95. The lowest BCUT2D eigenvalue weighted by Crippen LogP contribution is -2.41. The van der Waals surface area contributed by atoms with Gasteiger partial charge in [-0.25, -0.2) is 0 Å². The third kappa shape index (κ3) is 4.66. The van der Waals surface area contributed by atoms with Crippen LogP contribution in [0.3, 0.4) is 0 Å². The monoisotopic (exact) mass is 176 g/mol. The third-order valence-electron chi connectivity index (χ3n) is 1.75. The van der Waals surface area contributed by atoms with E-state index in [-0.39, 0.29) is 12.1 Å². The van der Waals surface area contributed by atoms with Crippen LogP contribution in [0.25, 0.3) is 0 Å². The van der Waals surface area contributed by atoms with Gasteiger partial charge >= 0.3 is 0 Å². The standard InChI is InChI=1S/C8H20N2O2/c1-3-12-6-7(10)8(11-2)4-5-9/h7-8H,3-6,9-10H2,1-2H3. The molecule has 12 heavy (non-hydrogen) atoms. The molecule has 2 unspecified atom stereocenters. The molecule has 74 valence electrons. The van der Waals surface area contributed by atoms with Gasteiger partial charge < -0.3 is 20.9 Å². The fourth-order valence-corrected chi connectivity index (χ4v) is 1.03. The molecule has 0 rings (SSSR count). The van der Waals surface area contributed by atoms with Gasteiger partial charge in [0.15, 0.2) is 0 Å². The van der Waals surface area contributed by atoms with Gasteiger partial charge in [-0.1, -0.05) is 0 Å². The highest BCUT2D eigenvalue weighted by atomic mass is 16.5. The van der Waals surface area contributed by atoms with E-state index < -0.39 is 0 Å². The molecule has 0 aliphatic heterocycles. The summed E-state index contributed by atoms with van der Waals surface area (Å²) in [6, 6.07) is -0.0708. The number of hydrogen-bond donors (Lipinski definition) is 2. The van der Waals surface area contributed by atoms with Crippen LogP contribution in [-0.2, 0) is 9.47 Å². The molecule has 4 heteroatoms. The molecule has 0 aliphatic carbocycles. The van der Waals surface area contributed by atoms with Gasteiger partial charge in [-0.05, 0) is 19.9 Å². The highest BCUT2D eigenvalue weighted by molar-refractivity contribution is 4.72. The second kappa shape index (κ2) is 7.49. The molecule has 0 saturated heterocycles. The van der Waals surface area contributed by atoms with Gasteiger partial charge in [0.05, 0.1) is 18.8 Å². The second-order valence-electron chi connectivity index (χ2n) is 2.67. The first-order chi connectivity index (χ1) is 5.76. The zero-order valence-corrected chi connectivity index (χ0v) is 7.95. The molecule has 4 nitrogen and oxygen atoms in total. The lowest BCUT2D eigenvalue weighted by atomic mass is 10.1. The molecular weight excluding hydrogens is 156 g/mol. The number of methoxy groups -OCH3 is 1. The van der Waals surface area contributed by atoms with Crippen LogP contribution in [0.15, 0.2) is 0 Å². The summed E-state index contributed by atoms with van der Waals surface area (Å²) in [7, 11) is 1.64. The summed E-state index contributed by atoms with van der Waals surface area (Å²) in [6.07, 6.45) is 0.798. The first-order valence-electron chi connectivity index (χ1n) is 4.32. The minimum Gasteiger partial charge on any atom is -0.380 e. The minimum absolute atomic E-state index is 0.0153. The highest BCUT2D eigenvalue weighted by Gasteiger charge is 2.15. The SMILES string of the molecule is CCOCC(N)C(CCN)OC. The van der Waals surface area contributed by atoms with Gasteiger partial charge in [0.1, 0.15) is 0 Å². The van der Waals surface area contributed by atoms with Crippen molar-refractivity contribution in [2.75, 3.05) is 26.9 Å². The molecule has 0 aliphatic rings. The molecule has 4 N–H and O–H groups in total. The van der Waals surface area contributed by atoms with Crippen molar-refractivity contribution >= 4 is 0 Å². The molecule has 0 aromatic heterocycles. The van der Waals surface area contributed by atoms with E-state index >= 15 is 0 Å². The van der Waals surface area contributed by atoms with Crippen LogP contribution in [-0.4, -0.2) is 39.0 Å². The molecule has 0 saturated carbocycles.